The number of halogens is 2. The van der Waals surface area contributed by atoms with Crippen LogP contribution in [0.15, 0.2) is 46.6 Å². The molecular formula is C27H30F2O6S. The quantitative estimate of drug-likeness (QED) is 0.560. The summed E-state index contributed by atoms with van der Waals surface area (Å²) in [6.45, 7) is 5.23. The van der Waals surface area contributed by atoms with Gasteiger partial charge in [0.25, 0.3) is 0 Å². The number of ketones is 1. The van der Waals surface area contributed by atoms with Crippen LogP contribution in [0.4, 0.5) is 8.78 Å². The summed E-state index contributed by atoms with van der Waals surface area (Å²) in [6, 6.07) is 1.93. The molecule has 4 aliphatic carbocycles. The summed E-state index contributed by atoms with van der Waals surface area (Å²) in [5, 5.41) is 10.9. The Morgan fingerprint density at radius 1 is 1.31 bits per heavy atom. The van der Waals surface area contributed by atoms with Gasteiger partial charge in [-0.1, -0.05) is 25.5 Å². The van der Waals surface area contributed by atoms with Crippen molar-refractivity contribution < 1.29 is 37.4 Å². The number of allylic oxidation sites excluding steroid dienone is 4. The van der Waals surface area contributed by atoms with Crippen LogP contribution in [0.3, 0.4) is 0 Å². The van der Waals surface area contributed by atoms with Gasteiger partial charge in [-0.15, -0.1) is 0 Å². The maximum atomic E-state index is 17.4. The number of esters is 1. The second kappa shape index (κ2) is 8.38. The fourth-order valence-electron chi connectivity index (χ4n) is 7.97. The molecule has 1 N–H and O–H groups in total. The summed E-state index contributed by atoms with van der Waals surface area (Å²) in [6.07, 6.45) is 5.22. The predicted molar refractivity (Wildman–Crippen MR) is 128 cm³/mol. The number of furan rings is 1. The molecule has 0 saturated heterocycles. The topological polar surface area (TPSA) is 93.8 Å². The molecule has 3 saturated carbocycles. The Kier molecular flexibility index (Phi) is 5.91. The van der Waals surface area contributed by atoms with Crippen molar-refractivity contribution in [3.8, 4) is 0 Å². The minimum atomic E-state index is -2.09. The zero-order chi connectivity index (χ0) is 26.1. The lowest BCUT2D eigenvalue weighted by Crippen LogP contribution is -2.69. The van der Waals surface area contributed by atoms with Crippen molar-refractivity contribution in [2.24, 2.45) is 28.6 Å². The Balaban J connectivity index is 1.61. The molecule has 36 heavy (non-hydrogen) atoms. The van der Waals surface area contributed by atoms with Crippen LogP contribution in [0.5, 0.6) is 0 Å². The molecule has 1 aromatic rings. The van der Waals surface area contributed by atoms with E-state index < -0.39 is 63.0 Å². The fourth-order valence-corrected chi connectivity index (χ4v) is 8.76. The van der Waals surface area contributed by atoms with E-state index in [0.29, 0.717) is 36.6 Å². The summed E-state index contributed by atoms with van der Waals surface area (Å²) in [5.41, 5.74) is -5.55. The molecule has 0 unspecified atom stereocenters. The normalized spacial score (nSPS) is 43.3. The molecule has 3 fully saturated rings. The Morgan fingerprint density at radius 3 is 2.72 bits per heavy atom. The molecule has 0 bridgehead atoms. The Hall–Kier alpha value is -2.26. The van der Waals surface area contributed by atoms with E-state index in [1.54, 1.807) is 26.8 Å². The lowest BCUT2D eigenvalue weighted by Gasteiger charge is -2.62. The summed E-state index contributed by atoms with van der Waals surface area (Å²) >= 11 is 0.425. The van der Waals surface area contributed by atoms with Crippen LogP contribution >= 0.6 is 11.8 Å². The zero-order valence-corrected chi connectivity index (χ0v) is 21.3. The number of ether oxygens (including phenoxy) is 1. The van der Waals surface area contributed by atoms with E-state index >= 15 is 4.39 Å². The van der Waals surface area contributed by atoms with Crippen molar-refractivity contribution in [3.05, 3.63) is 48.0 Å². The molecule has 0 radical (unpaired) electrons. The predicted octanol–water partition coefficient (Wildman–Crippen LogP) is 4.98. The Labute approximate surface area is 212 Å². The number of hydrogen-bond acceptors (Lipinski definition) is 7. The molecule has 9 heteroatoms. The highest BCUT2D eigenvalue weighted by atomic mass is 32.2. The van der Waals surface area contributed by atoms with Crippen molar-refractivity contribution in [2.45, 2.75) is 63.8 Å². The van der Waals surface area contributed by atoms with Crippen molar-refractivity contribution in [1.82, 2.24) is 0 Å². The highest BCUT2D eigenvalue weighted by Crippen LogP contribution is 2.71. The van der Waals surface area contributed by atoms with E-state index in [-0.39, 0.29) is 18.0 Å². The maximum absolute atomic E-state index is 17.4. The van der Waals surface area contributed by atoms with E-state index in [1.807, 2.05) is 0 Å². The van der Waals surface area contributed by atoms with Gasteiger partial charge in [-0.2, -0.15) is 0 Å². The summed E-state index contributed by atoms with van der Waals surface area (Å²) in [5.74, 6) is -2.81. The zero-order valence-electron chi connectivity index (χ0n) is 20.5. The van der Waals surface area contributed by atoms with Gasteiger partial charge in [0.1, 0.15) is 6.01 Å². The first-order chi connectivity index (χ1) is 17.0. The van der Waals surface area contributed by atoms with Crippen LogP contribution in [0.2, 0.25) is 0 Å². The molecule has 8 atom stereocenters. The highest BCUT2D eigenvalue weighted by molar-refractivity contribution is 8.13. The molecule has 1 heterocycles. The molecule has 0 aromatic carbocycles. The Morgan fingerprint density at radius 2 is 2.06 bits per heavy atom. The smallest absolute Gasteiger partial charge is 0.375 e. The summed E-state index contributed by atoms with van der Waals surface area (Å²) in [7, 11) is 0. The monoisotopic (exact) mass is 520 g/mol. The van der Waals surface area contributed by atoms with Crippen LogP contribution in [-0.4, -0.2) is 45.4 Å². The van der Waals surface area contributed by atoms with Crippen molar-refractivity contribution in [1.29, 1.82) is 0 Å². The molecule has 0 spiro atoms. The van der Waals surface area contributed by atoms with Gasteiger partial charge in [0.05, 0.1) is 12.4 Å². The number of fused-ring (bicyclic) bond motifs is 5. The molecule has 4 aliphatic rings. The van der Waals surface area contributed by atoms with Gasteiger partial charge >= 0.3 is 5.97 Å². The van der Waals surface area contributed by atoms with E-state index in [4.69, 9.17) is 9.15 Å². The van der Waals surface area contributed by atoms with Crippen molar-refractivity contribution >= 4 is 28.6 Å². The molecular weight excluding hydrogens is 490 g/mol. The van der Waals surface area contributed by atoms with Crippen LogP contribution in [0.1, 0.15) is 57.0 Å². The highest BCUT2D eigenvalue weighted by Gasteiger charge is 2.77. The lowest BCUT2D eigenvalue weighted by atomic mass is 9.45. The van der Waals surface area contributed by atoms with Crippen molar-refractivity contribution in [2.75, 3.05) is 6.01 Å². The van der Waals surface area contributed by atoms with Gasteiger partial charge in [0.15, 0.2) is 17.1 Å². The molecule has 0 aliphatic heterocycles. The second-order valence-electron chi connectivity index (χ2n) is 11.0. The lowest BCUT2D eigenvalue weighted by molar-refractivity contribution is -0.216. The van der Waals surface area contributed by atoms with Gasteiger partial charge in [-0.3, -0.25) is 9.59 Å². The van der Waals surface area contributed by atoms with Gasteiger partial charge < -0.3 is 14.3 Å². The number of carbonyl (C=O) groups excluding carboxylic acids is 3. The van der Waals surface area contributed by atoms with Crippen LogP contribution in [-0.2, 0) is 14.3 Å². The van der Waals surface area contributed by atoms with Gasteiger partial charge in [-0.05, 0) is 74.6 Å². The first kappa shape index (κ1) is 25.4. The third-order valence-corrected chi connectivity index (χ3v) is 10.3. The van der Waals surface area contributed by atoms with E-state index in [1.165, 1.54) is 30.5 Å². The van der Waals surface area contributed by atoms with Gasteiger partial charge in [0, 0.05) is 22.7 Å². The maximum Gasteiger partial charge on any atom is 0.375 e. The van der Waals surface area contributed by atoms with Crippen LogP contribution in [0.25, 0.3) is 0 Å². The summed E-state index contributed by atoms with van der Waals surface area (Å²) < 4.78 is 42.0. The number of alkyl halides is 2. The minimum Gasteiger partial charge on any atom is -0.457 e. The number of aliphatic hydroxyl groups excluding tert-OH is 1. The summed E-state index contributed by atoms with van der Waals surface area (Å²) in [4.78, 5) is 38.7. The Bertz CT molecular complexity index is 1160. The van der Waals surface area contributed by atoms with Gasteiger partial charge in [0.2, 0.25) is 10.9 Å². The molecule has 1 aromatic heterocycles. The largest absolute Gasteiger partial charge is 0.457 e. The number of thioether (sulfide) groups is 1. The van der Waals surface area contributed by atoms with Crippen LogP contribution < -0.4 is 0 Å². The molecule has 5 rings (SSSR count). The standard InChI is InChI=1S/C27H30F2O6S/c1-15-11-19-18-7-6-16-12-17(30)8-9-24(16,2)26(18,29)21(31)13-25(19,3)27(15,23(33)36-14-28)35-22(32)20-5-4-10-34-20/h4-5,8-10,12,15,18-19,21,31H,6-7,11,13-14H2,1-3H3/t15-,18-,19-,21-,24-,25-,26-,27-/m0/s1. The molecule has 6 nitrogen and oxygen atoms in total. The third kappa shape index (κ3) is 3.08. The average molecular weight is 521 g/mol. The first-order valence-corrected chi connectivity index (χ1v) is 13.3. The van der Waals surface area contributed by atoms with Gasteiger partial charge in [-0.25, -0.2) is 13.6 Å². The number of rotatable bonds is 4. The molecule has 194 valence electrons. The number of carbonyl (C=O) groups is 3. The first-order valence-electron chi connectivity index (χ1n) is 12.3. The number of aliphatic hydroxyl groups is 1. The van der Waals surface area contributed by atoms with E-state index in [9.17, 15) is 23.9 Å². The van der Waals surface area contributed by atoms with Crippen molar-refractivity contribution in [3.63, 3.8) is 0 Å². The van der Waals surface area contributed by atoms with E-state index in [0.717, 1.165) is 0 Å². The van der Waals surface area contributed by atoms with Crippen LogP contribution in [0, 0.1) is 28.6 Å². The second-order valence-corrected chi connectivity index (χ2v) is 11.9. The molecule has 0 amide bonds. The number of hydrogen-bond donors (Lipinski definition) is 1. The SMILES string of the molecule is C[C@H]1C[C@H]2[C@@H]3CCC4=CC(=O)C=C[C@]4(C)[C@@]3(F)[C@@H](O)C[C@]2(C)[C@@]1(OC(=O)c1ccco1)C(=O)SCF. The minimum absolute atomic E-state index is 0.0974. The van der Waals surface area contributed by atoms with E-state index in [2.05, 4.69) is 0 Å². The third-order valence-electron chi connectivity index (χ3n) is 9.65. The average Bonchev–Trinajstić information content (AvgIpc) is 3.43. The fraction of sp³-hybridized carbons (Fsp3) is 0.593.